The van der Waals surface area contributed by atoms with Crippen LogP contribution in [0.5, 0.6) is 5.75 Å². The van der Waals surface area contributed by atoms with Crippen LogP contribution in [0, 0.1) is 0 Å². The molecular formula is C19H23N3O3. The molecule has 2 atom stereocenters. The lowest BCUT2D eigenvalue weighted by molar-refractivity contribution is -0.0408. The van der Waals surface area contributed by atoms with E-state index in [1.165, 1.54) is 12.8 Å². The summed E-state index contributed by atoms with van der Waals surface area (Å²) in [4.78, 5) is 11.0. The Morgan fingerprint density at radius 3 is 2.60 bits per heavy atom. The molecule has 25 heavy (non-hydrogen) atoms. The number of nitrogens with zero attached hydrogens (tertiary/aromatic N) is 3. The summed E-state index contributed by atoms with van der Waals surface area (Å²) in [5.74, 6) is 1.46. The summed E-state index contributed by atoms with van der Waals surface area (Å²) in [5.41, 5.74) is 1.53. The predicted octanol–water partition coefficient (Wildman–Crippen LogP) is 1.88. The van der Waals surface area contributed by atoms with Crippen molar-refractivity contribution < 1.29 is 14.6 Å². The molecule has 132 valence electrons. The number of hydrogen-bond donors (Lipinski definition) is 1. The molecule has 2 aromatic rings. The lowest BCUT2D eigenvalue weighted by atomic mass is 10.2. The number of fused-ring (bicyclic) bond motifs is 2. The monoisotopic (exact) mass is 341 g/mol. The molecule has 2 bridgehead atoms. The maximum atomic E-state index is 9.17. The number of aliphatic hydroxyl groups excluding tert-OH is 1. The van der Waals surface area contributed by atoms with Crippen molar-refractivity contribution in [3.63, 3.8) is 0 Å². The number of aliphatic hydroxyl groups is 1. The Morgan fingerprint density at radius 2 is 1.88 bits per heavy atom. The van der Waals surface area contributed by atoms with Gasteiger partial charge in [0.25, 0.3) is 0 Å². The van der Waals surface area contributed by atoms with Gasteiger partial charge in [-0.25, -0.2) is 9.97 Å². The first-order valence-electron chi connectivity index (χ1n) is 8.84. The van der Waals surface area contributed by atoms with Crippen LogP contribution in [0.25, 0.3) is 11.4 Å². The molecule has 0 unspecified atom stereocenters. The number of ether oxygens (including phenoxy) is 2. The Balaban J connectivity index is 1.30. The first-order valence-corrected chi connectivity index (χ1v) is 8.84. The smallest absolute Gasteiger partial charge is 0.159 e. The number of morpholine rings is 1. The van der Waals surface area contributed by atoms with Crippen LogP contribution in [0.2, 0.25) is 0 Å². The highest BCUT2D eigenvalue weighted by atomic mass is 16.5. The van der Waals surface area contributed by atoms with E-state index >= 15 is 0 Å². The second kappa shape index (κ2) is 7.47. The fourth-order valence-electron chi connectivity index (χ4n) is 3.50. The molecule has 0 amide bonds. The van der Waals surface area contributed by atoms with Crippen molar-refractivity contribution in [3.8, 4) is 17.1 Å². The van der Waals surface area contributed by atoms with Gasteiger partial charge in [0, 0.05) is 31.4 Å². The van der Waals surface area contributed by atoms with Gasteiger partial charge in [-0.15, -0.1) is 0 Å². The van der Waals surface area contributed by atoms with Gasteiger partial charge in [-0.3, -0.25) is 4.90 Å². The highest BCUT2D eigenvalue weighted by Gasteiger charge is 2.33. The van der Waals surface area contributed by atoms with Crippen molar-refractivity contribution in [2.45, 2.75) is 31.7 Å². The minimum atomic E-state index is -0.0834. The van der Waals surface area contributed by atoms with Crippen LogP contribution in [0.4, 0.5) is 0 Å². The van der Waals surface area contributed by atoms with E-state index in [4.69, 9.17) is 9.47 Å². The maximum Gasteiger partial charge on any atom is 0.159 e. The van der Waals surface area contributed by atoms with E-state index in [1.54, 1.807) is 12.3 Å². The molecule has 1 aromatic carbocycles. The van der Waals surface area contributed by atoms with Crippen LogP contribution in [0.1, 0.15) is 18.5 Å². The first kappa shape index (κ1) is 16.4. The highest BCUT2D eigenvalue weighted by Crippen LogP contribution is 2.26. The average Bonchev–Trinajstić information content (AvgIpc) is 3.00. The second-order valence-corrected chi connectivity index (χ2v) is 6.62. The molecule has 4 rings (SSSR count). The second-order valence-electron chi connectivity index (χ2n) is 6.62. The molecule has 0 spiro atoms. The molecule has 0 radical (unpaired) electrons. The largest absolute Gasteiger partial charge is 0.492 e. The molecule has 0 aliphatic carbocycles. The van der Waals surface area contributed by atoms with E-state index in [-0.39, 0.29) is 6.61 Å². The van der Waals surface area contributed by atoms with E-state index in [0.29, 0.717) is 30.3 Å². The van der Waals surface area contributed by atoms with Gasteiger partial charge in [0.15, 0.2) is 5.82 Å². The Labute approximate surface area is 147 Å². The van der Waals surface area contributed by atoms with Crippen LogP contribution in [-0.4, -0.2) is 58.4 Å². The van der Waals surface area contributed by atoms with E-state index in [2.05, 4.69) is 14.9 Å². The van der Waals surface area contributed by atoms with E-state index in [1.807, 2.05) is 24.3 Å². The van der Waals surface area contributed by atoms with Gasteiger partial charge < -0.3 is 14.6 Å². The van der Waals surface area contributed by atoms with Crippen molar-refractivity contribution >= 4 is 0 Å². The topological polar surface area (TPSA) is 67.7 Å². The summed E-state index contributed by atoms with van der Waals surface area (Å²) in [6.07, 6.45) is 4.90. The van der Waals surface area contributed by atoms with Crippen molar-refractivity contribution in [3.05, 3.63) is 42.2 Å². The van der Waals surface area contributed by atoms with Gasteiger partial charge in [0.1, 0.15) is 12.4 Å². The highest BCUT2D eigenvalue weighted by molar-refractivity contribution is 5.56. The number of benzene rings is 1. The first-order chi connectivity index (χ1) is 12.3. The van der Waals surface area contributed by atoms with Gasteiger partial charge in [-0.2, -0.15) is 0 Å². The normalized spacial score (nSPS) is 22.9. The van der Waals surface area contributed by atoms with Crippen LogP contribution in [0.3, 0.4) is 0 Å². The fourth-order valence-corrected chi connectivity index (χ4v) is 3.50. The summed E-state index contributed by atoms with van der Waals surface area (Å²) in [6.45, 7) is 3.57. The minimum absolute atomic E-state index is 0.0834. The molecule has 2 saturated heterocycles. The summed E-state index contributed by atoms with van der Waals surface area (Å²) in [5, 5.41) is 9.17. The third kappa shape index (κ3) is 3.98. The van der Waals surface area contributed by atoms with Gasteiger partial charge in [-0.05, 0) is 43.2 Å². The zero-order valence-corrected chi connectivity index (χ0v) is 14.2. The van der Waals surface area contributed by atoms with E-state index in [9.17, 15) is 5.11 Å². The summed E-state index contributed by atoms with van der Waals surface area (Å²) < 4.78 is 11.7. The summed E-state index contributed by atoms with van der Waals surface area (Å²) in [7, 11) is 0. The van der Waals surface area contributed by atoms with Crippen LogP contribution >= 0.6 is 0 Å². The van der Waals surface area contributed by atoms with Crippen LogP contribution in [0.15, 0.2) is 36.5 Å². The van der Waals surface area contributed by atoms with Crippen LogP contribution in [-0.2, 0) is 11.3 Å². The molecular weight excluding hydrogens is 318 g/mol. The molecule has 0 saturated carbocycles. The van der Waals surface area contributed by atoms with Gasteiger partial charge in [-0.1, -0.05) is 0 Å². The molecule has 2 fully saturated rings. The Hall–Kier alpha value is -2.02. The molecule has 2 aliphatic rings. The van der Waals surface area contributed by atoms with Crippen molar-refractivity contribution in [2.24, 2.45) is 0 Å². The van der Waals surface area contributed by atoms with Crippen molar-refractivity contribution in [1.29, 1.82) is 0 Å². The number of aromatic nitrogens is 2. The number of rotatable bonds is 6. The van der Waals surface area contributed by atoms with Gasteiger partial charge >= 0.3 is 0 Å². The Kier molecular flexibility index (Phi) is 4.92. The van der Waals surface area contributed by atoms with Crippen LogP contribution < -0.4 is 4.74 Å². The molecule has 2 aliphatic heterocycles. The maximum absolute atomic E-state index is 9.17. The number of hydrogen-bond acceptors (Lipinski definition) is 6. The lowest BCUT2D eigenvalue weighted by Crippen LogP contribution is -2.44. The lowest BCUT2D eigenvalue weighted by Gasteiger charge is -2.31. The van der Waals surface area contributed by atoms with E-state index in [0.717, 1.165) is 30.9 Å². The third-order valence-electron chi connectivity index (χ3n) is 4.78. The molecule has 3 heterocycles. The Morgan fingerprint density at radius 1 is 1.12 bits per heavy atom. The molecule has 1 N–H and O–H groups in total. The minimum Gasteiger partial charge on any atom is -0.492 e. The Bertz CT molecular complexity index is 695. The quantitative estimate of drug-likeness (QED) is 0.865. The van der Waals surface area contributed by atoms with Gasteiger partial charge in [0.2, 0.25) is 0 Å². The zero-order valence-electron chi connectivity index (χ0n) is 14.2. The van der Waals surface area contributed by atoms with Crippen molar-refractivity contribution in [2.75, 3.05) is 26.2 Å². The van der Waals surface area contributed by atoms with E-state index < -0.39 is 0 Å². The number of likely N-dealkylation sites (tertiary alicyclic amines) is 1. The molecule has 1 aromatic heterocycles. The summed E-state index contributed by atoms with van der Waals surface area (Å²) >= 11 is 0. The molecule has 6 heteroatoms. The predicted molar refractivity (Wildman–Crippen MR) is 93.2 cm³/mol. The fraction of sp³-hybridized carbons (Fsp3) is 0.474. The zero-order chi connectivity index (χ0) is 17.1. The van der Waals surface area contributed by atoms with Gasteiger partial charge in [0.05, 0.1) is 24.5 Å². The SMILES string of the molecule is OCc1ccnc(-c2ccc(OCCN3C[C@H]4CC[C@@H](C3)O4)cc2)n1. The van der Waals surface area contributed by atoms with Crippen molar-refractivity contribution in [1.82, 2.24) is 14.9 Å². The summed E-state index contributed by atoms with van der Waals surface area (Å²) in [6, 6.07) is 9.47. The third-order valence-corrected chi connectivity index (χ3v) is 4.78. The molecule has 6 nitrogen and oxygen atoms in total. The standard InChI is InChI=1S/C19H23N3O3/c23-13-15-7-8-20-19(21-15)14-1-3-16(4-2-14)24-10-9-22-11-17-5-6-18(12-22)25-17/h1-4,7-8,17-18,23H,5-6,9-13H2/t17-,18+. The average molecular weight is 341 g/mol.